The zero-order chi connectivity index (χ0) is 13.8. The van der Waals surface area contributed by atoms with E-state index < -0.39 is 0 Å². The van der Waals surface area contributed by atoms with Crippen molar-refractivity contribution in [2.75, 3.05) is 7.05 Å². The number of nitrogens with one attached hydrogen (secondary N) is 1. The molecule has 0 bridgehead atoms. The number of nitrogens with zero attached hydrogens (tertiary/aromatic N) is 1. The van der Waals surface area contributed by atoms with Gasteiger partial charge in [-0.3, -0.25) is 4.98 Å². The number of hydrogen-bond donors (Lipinski definition) is 1. The molecule has 1 heterocycles. The molecular weight excluding hydrogens is 307 g/mol. The van der Waals surface area contributed by atoms with Crippen LogP contribution in [0.2, 0.25) is 0 Å². The van der Waals surface area contributed by atoms with Crippen LogP contribution in [0.5, 0.6) is 0 Å². The van der Waals surface area contributed by atoms with E-state index in [1.165, 1.54) is 17.2 Å². The Kier molecular flexibility index (Phi) is 4.66. The van der Waals surface area contributed by atoms with E-state index in [0.717, 1.165) is 12.0 Å². The van der Waals surface area contributed by atoms with Crippen molar-refractivity contribution in [3.05, 3.63) is 63.6 Å². The molecule has 1 unspecified atom stereocenters. The number of aromatic nitrogens is 1. The van der Waals surface area contributed by atoms with Gasteiger partial charge in [0.15, 0.2) is 0 Å². The van der Waals surface area contributed by atoms with Crippen LogP contribution in [0.4, 0.5) is 4.39 Å². The van der Waals surface area contributed by atoms with Crippen molar-refractivity contribution in [3.63, 3.8) is 0 Å². The number of benzene rings is 1. The minimum absolute atomic E-state index is 0.172. The zero-order valence-electron chi connectivity index (χ0n) is 11.0. The number of aryl methyl sites for hydroxylation is 1. The third-order valence-corrected chi connectivity index (χ3v) is 3.83. The molecule has 1 N–H and O–H groups in total. The Hall–Kier alpha value is -1.26. The van der Waals surface area contributed by atoms with Gasteiger partial charge in [-0.2, -0.15) is 0 Å². The predicted molar refractivity (Wildman–Crippen MR) is 78.6 cm³/mol. The molecule has 0 fully saturated rings. The fraction of sp³-hybridized carbons (Fsp3) is 0.267. The van der Waals surface area contributed by atoms with Crippen molar-refractivity contribution in [2.24, 2.45) is 0 Å². The predicted octanol–water partition coefficient (Wildman–Crippen LogP) is 3.79. The average molecular weight is 323 g/mol. The van der Waals surface area contributed by atoms with Crippen molar-refractivity contribution in [1.29, 1.82) is 0 Å². The highest BCUT2D eigenvalue weighted by molar-refractivity contribution is 9.10. The summed E-state index contributed by atoms with van der Waals surface area (Å²) in [7, 11) is 1.93. The Morgan fingerprint density at radius 1 is 1.37 bits per heavy atom. The van der Waals surface area contributed by atoms with Crippen LogP contribution in [0, 0.1) is 12.7 Å². The molecule has 1 aromatic carbocycles. The smallest absolute Gasteiger partial charge is 0.137 e. The Balaban J connectivity index is 2.24. The van der Waals surface area contributed by atoms with Crippen LogP contribution in [-0.2, 0) is 6.42 Å². The molecule has 0 aliphatic rings. The SMILES string of the molecule is CNC(Cc1ccc(F)c(Br)c1)c1cnccc1C. The maximum Gasteiger partial charge on any atom is 0.137 e. The number of pyridine rings is 1. The standard InChI is InChI=1S/C15H16BrFN2/c1-10-5-6-19-9-12(10)15(18-2)8-11-3-4-14(17)13(16)7-11/h3-7,9,15,18H,8H2,1-2H3. The molecule has 19 heavy (non-hydrogen) atoms. The molecular formula is C15H16BrFN2. The minimum Gasteiger partial charge on any atom is -0.313 e. The molecule has 0 saturated carbocycles. The molecule has 1 atom stereocenters. The maximum atomic E-state index is 13.2. The summed E-state index contributed by atoms with van der Waals surface area (Å²) in [6.07, 6.45) is 4.47. The second kappa shape index (κ2) is 6.26. The first-order chi connectivity index (χ1) is 9.11. The second-order valence-corrected chi connectivity index (χ2v) is 5.38. The minimum atomic E-state index is -0.234. The third kappa shape index (κ3) is 3.39. The Labute approximate surface area is 121 Å². The highest BCUT2D eigenvalue weighted by atomic mass is 79.9. The van der Waals surface area contributed by atoms with Gasteiger partial charge in [-0.1, -0.05) is 6.07 Å². The highest BCUT2D eigenvalue weighted by Gasteiger charge is 2.13. The second-order valence-electron chi connectivity index (χ2n) is 4.53. The van der Waals surface area contributed by atoms with Crippen LogP contribution in [0.1, 0.15) is 22.7 Å². The lowest BCUT2D eigenvalue weighted by Crippen LogP contribution is -2.20. The molecule has 1 aromatic heterocycles. The monoisotopic (exact) mass is 322 g/mol. The number of rotatable bonds is 4. The van der Waals surface area contributed by atoms with Crippen LogP contribution in [-0.4, -0.2) is 12.0 Å². The molecule has 0 saturated heterocycles. The molecule has 2 aromatic rings. The largest absolute Gasteiger partial charge is 0.313 e. The Morgan fingerprint density at radius 3 is 2.79 bits per heavy atom. The molecule has 2 nitrogen and oxygen atoms in total. The molecule has 4 heteroatoms. The van der Waals surface area contributed by atoms with Crippen LogP contribution in [0.15, 0.2) is 41.1 Å². The van der Waals surface area contributed by atoms with E-state index in [9.17, 15) is 4.39 Å². The van der Waals surface area contributed by atoms with Gasteiger partial charge in [0.05, 0.1) is 4.47 Å². The van der Waals surface area contributed by atoms with Gasteiger partial charge in [0.1, 0.15) is 5.82 Å². The van der Waals surface area contributed by atoms with E-state index in [2.05, 4.69) is 33.2 Å². The number of likely N-dealkylation sites (N-methyl/N-ethyl adjacent to an activating group) is 1. The van der Waals surface area contributed by atoms with Gasteiger partial charge in [-0.15, -0.1) is 0 Å². The average Bonchev–Trinajstić information content (AvgIpc) is 2.41. The zero-order valence-corrected chi connectivity index (χ0v) is 12.5. The van der Waals surface area contributed by atoms with Gasteiger partial charge >= 0.3 is 0 Å². The summed E-state index contributed by atoms with van der Waals surface area (Å²) in [5.41, 5.74) is 3.46. The van der Waals surface area contributed by atoms with Gasteiger partial charge in [0.2, 0.25) is 0 Å². The number of hydrogen-bond acceptors (Lipinski definition) is 2. The third-order valence-electron chi connectivity index (χ3n) is 3.23. The lowest BCUT2D eigenvalue weighted by atomic mass is 9.97. The van der Waals surface area contributed by atoms with Gasteiger partial charge in [-0.05, 0) is 71.2 Å². The van der Waals surface area contributed by atoms with Gasteiger partial charge in [0, 0.05) is 18.4 Å². The quantitative estimate of drug-likeness (QED) is 0.926. The molecule has 2 rings (SSSR count). The van der Waals surface area contributed by atoms with Crippen LogP contribution < -0.4 is 5.32 Å². The normalized spacial score (nSPS) is 12.4. The van der Waals surface area contributed by atoms with E-state index in [1.807, 2.05) is 31.4 Å². The van der Waals surface area contributed by atoms with Gasteiger partial charge in [-0.25, -0.2) is 4.39 Å². The lowest BCUT2D eigenvalue weighted by Gasteiger charge is -2.18. The molecule has 100 valence electrons. The number of halogens is 2. The summed E-state index contributed by atoms with van der Waals surface area (Å²) in [6.45, 7) is 2.07. The van der Waals surface area contributed by atoms with E-state index >= 15 is 0 Å². The van der Waals surface area contributed by atoms with Crippen molar-refractivity contribution in [3.8, 4) is 0 Å². The van der Waals surface area contributed by atoms with Gasteiger partial charge in [0.25, 0.3) is 0 Å². The molecule has 0 aliphatic carbocycles. The summed E-state index contributed by atoms with van der Waals surface area (Å²) in [5.74, 6) is -0.234. The van der Waals surface area contributed by atoms with E-state index in [0.29, 0.717) is 4.47 Å². The molecule has 0 amide bonds. The first-order valence-corrected chi connectivity index (χ1v) is 6.93. The van der Waals surface area contributed by atoms with E-state index in [4.69, 9.17) is 0 Å². The van der Waals surface area contributed by atoms with Crippen LogP contribution in [0.3, 0.4) is 0 Å². The van der Waals surface area contributed by atoms with Crippen LogP contribution >= 0.6 is 15.9 Å². The highest BCUT2D eigenvalue weighted by Crippen LogP contribution is 2.23. The van der Waals surface area contributed by atoms with Crippen LogP contribution in [0.25, 0.3) is 0 Å². The first-order valence-electron chi connectivity index (χ1n) is 6.13. The van der Waals surface area contributed by atoms with Crippen molar-refractivity contribution < 1.29 is 4.39 Å². The van der Waals surface area contributed by atoms with Crippen molar-refractivity contribution in [2.45, 2.75) is 19.4 Å². The summed E-state index contributed by atoms with van der Waals surface area (Å²) < 4.78 is 13.7. The topological polar surface area (TPSA) is 24.9 Å². The molecule has 0 radical (unpaired) electrons. The van der Waals surface area contributed by atoms with Crippen molar-refractivity contribution in [1.82, 2.24) is 10.3 Å². The summed E-state index contributed by atoms with van der Waals surface area (Å²) >= 11 is 3.22. The summed E-state index contributed by atoms with van der Waals surface area (Å²) in [5, 5.41) is 3.29. The Morgan fingerprint density at radius 2 is 2.16 bits per heavy atom. The summed E-state index contributed by atoms with van der Waals surface area (Å²) in [6, 6.07) is 7.30. The first kappa shape index (κ1) is 14.2. The fourth-order valence-electron chi connectivity index (χ4n) is 2.11. The van der Waals surface area contributed by atoms with Crippen molar-refractivity contribution >= 4 is 15.9 Å². The van der Waals surface area contributed by atoms with E-state index in [-0.39, 0.29) is 11.9 Å². The molecule has 0 aliphatic heterocycles. The lowest BCUT2D eigenvalue weighted by molar-refractivity contribution is 0.583. The maximum absolute atomic E-state index is 13.2. The summed E-state index contributed by atoms with van der Waals surface area (Å²) in [4.78, 5) is 4.18. The fourth-order valence-corrected chi connectivity index (χ4v) is 2.54. The molecule has 0 spiro atoms. The van der Waals surface area contributed by atoms with E-state index in [1.54, 1.807) is 6.20 Å². The van der Waals surface area contributed by atoms with Gasteiger partial charge < -0.3 is 5.32 Å². The Bertz CT molecular complexity index is 572.